The number of hydrogen-bond acceptors (Lipinski definition) is 2. The van der Waals surface area contributed by atoms with E-state index in [0.717, 1.165) is 22.0 Å². The van der Waals surface area contributed by atoms with Gasteiger partial charge in [0.2, 0.25) is 0 Å². The van der Waals surface area contributed by atoms with E-state index in [9.17, 15) is 0 Å². The number of hydrogen-bond donors (Lipinski definition) is 2. The highest BCUT2D eigenvalue weighted by atomic mass is 35.5. The van der Waals surface area contributed by atoms with Crippen LogP contribution in [0.3, 0.4) is 0 Å². The third-order valence-corrected chi connectivity index (χ3v) is 3.30. The largest absolute Gasteiger partial charge is 0.397 e. The summed E-state index contributed by atoms with van der Waals surface area (Å²) in [5.74, 6) is 0. The fourth-order valence-corrected chi connectivity index (χ4v) is 2.23. The van der Waals surface area contributed by atoms with Gasteiger partial charge in [-0.15, -0.1) is 0 Å². The molecular formula is C15H17ClN2. The number of nitrogen functional groups attached to an aromatic ring is 1. The molecule has 1 atom stereocenters. The standard InChI is InChI=1S/C15H17ClN2/c1-10-7-8-14(17)15(9-10)18-11(2)12-5-3-4-6-13(12)16/h3-9,11,18H,17H2,1-2H3. The summed E-state index contributed by atoms with van der Waals surface area (Å²) in [4.78, 5) is 0. The van der Waals surface area contributed by atoms with Crippen molar-refractivity contribution >= 4 is 23.0 Å². The van der Waals surface area contributed by atoms with E-state index in [2.05, 4.69) is 12.2 Å². The highest BCUT2D eigenvalue weighted by molar-refractivity contribution is 6.31. The van der Waals surface area contributed by atoms with Crippen molar-refractivity contribution in [1.29, 1.82) is 0 Å². The van der Waals surface area contributed by atoms with E-state index < -0.39 is 0 Å². The van der Waals surface area contributed by atoms with Crippen LogP contribution in [-0.4, -0.2) is 0 Å². The topological polar surface area (TPSA) is 38.0 Å². The number of aryl methyl sites for hydroxylation is 1. The van der Waals surface area contributed by atoms with Crippen LogP contribution in [0.5, 0.6) is 0 Å². The maximum Gasteiger partial charge on any atom is 0.0581 e. The highest BCUT2D eigenvalue weighted by Crippen LogP contribution is 2.28. The Labute approximate surface area is 113 Å². The summed E-state index contributed by atoms with van der Waals surface area (Å²) in [7, 11) is 0. The van der Waals surface area contributed by atoms with E-state index in [-0.39, 0.29) is 6.04 Å². The Morgan fingerprint density at radius 3 is 2.61 bits per heavy atom. The molecule has 2 aromatic rings. The first-order valence-electron chi connectivity index (χ1n) is 5.95. The molecular weight excluding hydrogens is 244 g/mol. The van der Waals surface area contributed by atoms with E-state index in [4.69, 9.17) is 17.3 Å². The Morgan fingerprint density at radius 2 is 1.89 bits per heavy atom. The van der Waals surface area contributed by atoms with Crippen LogP contribution < -0.4 is 11.1 Å². The molecule has 94 valence electrons. The number of rotatable bonds is 3. The minimum atomic E-state index is 0.114. The van der Waals surface area contributed by atoms with Gasteiger partial charge in [0.15, 0.2) is 0 Å². The Kier molecular flexibility index (Phi) is 3.78. The first-order chi connectivity index (χ1) is 8.58. The van der Waals surface area contributed by atoms with Gasteiger partial charge in [-0.3, -0.25) is 0 Å². The van der Waals surface area contributed by atoms with Crippen molar-refractivity contribution in [3.8, 4) is 0 Å². The zero-order chi connectivity index (χ0) is 13.1. The van der Waals surface area contributed by atoms with Crippen LogP contribution in [0, 0.1) is 6.92 Å². The van der Waals surface area contributed by atoms with Crippen LogP contribution in [0.25, 0.3) is 0 Å². The van der Waals surface area contributed by atoms with Crippen molar-refractivity contribution in [2.24, 2.45) is 0 Å². The molecule has 0 saturated heterocycles. The van der Waals surface area contributed by atoms with Crippen molar-refractivity contribution < 1.29 is 0 Å². The molecule has 0 radical (unpaired) electrons. The molecule has 2 aromatic carbocycles. The lowest BCUT2D eigenvalue weighted by molar-refractivity contribution is 0.885. The van der Waals surface area contributed by atoms with Gasteiger partial charge in [0, 0.05) is 5.02 Å². The summed E-state index contributed by atoms with van der Waals surface area (Å²) in [5.41, 5.74) is 9.90. The summed E-state index contributed by atoms with van der Waals surface area (Å²) in [6.45, 7) is 4.12. The molecule has 0 amide bonds. The SMILES string of the molecule is Cc1ccc(N)c(NC(C)c2ccccc2Cl)c1. The second-order valence-electron chi connectivity index (χ2n) is 4.48. The molecule has 2 rings (SSSR count). The van der Waals surface area contributed by atoms with Crippen LogP contribution in [0.15, 0.2) is 42.5 Å². The third kappa shape index (κ3) is 2.77. The predicted molar refractivity (Wildman–Crippen MR) is 79.1 cm³/mol. The summed E-state index contributed by atoms with van der Waals surface area (Å²) in [6, 6.07) is 13.9. The molecule has 0 aliphatic heterocycles. The summed E-state index contributed by atoms with van der Waals surface area (Å²) in [5, 5.41) is 4.17. The first-order valence-corrected chi connectivity index (χ1v) is 6.33. The lowest BCUT2D eigenvalue weighted by Crippen LogP contribution is -2.09. The maximum absolute atomic E-state index is 6.19. The van der Waals surface area contributed by atoms with Crippen LogP contribution in [0.4, 0.5) is 11.4 Å². The zero-order valence-corrected chi connectivity index (χ0v) is 11.3. The van der Waals surface area contributed by atoms with Gasteiger partial charge < -0.3 is 11.1 Å². The van der Waals surface area contributed by atoms with Gasteiger partial charge in [-0.1, -0.05) is 35.9 Å². The van der Waals surface area contributed by atoms with Crippen LogP contribution in [-0.2, 0) is 0 Å². The molecule has 0 bridgehead atoms. The van der Waals surface area contributed by atoms with Gasteiger partial charge in [-0.2, -0.15) is 0 Å². The molecule has 1 unspecified atom stereocenters. The van der Waals surface area contributed by atoms with Crippen LogP contribution in [0.1, 0.15) is 24.1 Å². The molecule has 0 aliphatic rings. The van der Waals surface area contributed by atoms with E-state index in [1.807, 2.05) is 49.4 Å². The Bertz CT molecular complexity index is 552. The average Bonchev–Trinajstić information content (AvgIpc) is 2.34. The fraction of sp³-hybridized carbons (Fsp3) is 0.200. The number of nitrogens with two attached hydrogens (primary N) is 1. The van der Waals surface area contributed by atoms with E-state index in [1.54, 1.807) is 0 Å². The summed E-state index contributed by atoms with van der Waals surface area (Å²) < 4.78 is 0. The van der Waals surface area contributed by atoms with Crippen molar-refractivity contribution in [3.63, 3.8) is 0 Å². The van der Waals surface area contributed by atoms with Gasteiger partial charge in [0.25, 0.3) is 0 Å². The van der Waals surface area contributed by atoms with Crippen molar-refractivity contribution in [2.45, 2.75) is 19.9 Å². The van der Waals surface area contributed by atoms with Gasteiger partial charge in [0.1, 0.15) is 0 Å². The lowest BCUT2D eigenvalue weighted by Gasteiger charge is -2.18. The molecule has 0 heterocycles. The Hall–Kier alpha value is -1.67. The Balaban J connectivity index is 2.24. The quantitative estimate of drug-likeness (QED) is 0.803. The lowest BCUT2D eigenvalue weighted by atomic mass is 10.1. The van der Waals surface area contributed by atoms with Crippen molar-refractivity contribution in [3.05, 3.63) is 58.6 Å². The van der Waals surface area contributed by atoms with Crippen molar-refractivity contribution in [1.82, 2.24) is 0 Å². The van der Waals surface area contributed by atoms with Gasteiger partial charge in [-0.05, 0) is 43.2 Å². The normalized spacial score (nSPS) is 12.2. The van der Waals surface area contributed by atoms with Crippen LogP contribution >= 0.6 is 11.6 Å². The summed E-state index contributed by atoms with van der Waals surface area (Å²) >= 11 is 6.19. The number of benzene rings is 2. The zero-order valence-electron chi connectivity index (χ0n) is 10.6. The summed E-state index contributed by atoms with van der Waals surface area (Å²) in [6.07, 6.45) is 0. The highest BCUT2D eigenvalue weighted by Gasteiger charge is 2.10. The number of anilines is 2. The fourth-order valence-electron chi connectivity index (χ4n) is 1.93. The van der Waals surface area contributed by atoms with E-state index >= 15 is 0 Å². The van der Waals surface area contributed by atoms with Crippen molar-refractivity contribution in [2.75, 3.05) is 11.1 Å². The minimum Gasteiger partial charge on any atom is -0.397 e. The molecule has 0 spiro atoms. The van der Waals surface area contributed by atoms with Gasteiger partial charge in [-0.25, -0.2) is 0 Å². The van der Waals surface area contributed by atoms with E-state index in [0.29, 0.717) is 0 Å². The van der Waals surface area contributed by atoms with E-state index in [1.165, 1.54) is 5.56 Å². The Morgan fingerprint density at radius 1 is 1.17 bits per heavy atom. The average molecular weight is 261 g/mol. The molecule has 0 saturated carbocycles. The molecule has 2 nitrogen and oxygen atoms in total. The second-order valence-corrected chi connectivity index (χ2v) is 4.89. The van der Waals surface area contributed by atoms with Gasteiger partial charge in [0.05, 0.1) is 17.4 Å². The molecule has 0 aliphatic carbocycles. The minimum absolute atomic E-state index is 0.114. The smallest absolute Gasteiger partial charge is 0.0581 e. The second kappa shape index (κ2) is 5.32. The van der Waals surface area contributed by atoms with Crippen LogP contribution in [0.2, 0.25) is 5.02 Å². The molecule has 0 aromatic heterocycles. The molecule has 3 heteroatoms. The van der Waals surface area contributed by atoms with Gasteiger partial charge >= 0.3 is 0 Å². The number of nitrogens with one attached hydrogen (secondary N) is 1. The first kappa shape index (κ1) is 12.8. The maximum atomic E-state index is 6.19. The monoisotopic (exact) mass is 260 g/mol. The molecule has 18 heavy (non-hydrogen) atoms. The molecule has 0 fully saturated rings. The molecule has 3 N–H and O–H groups in total. The third-order valence-electron chi connectivity index (χ3n) is 2.95. The predicted octanol–water partition coefficient (Wildman–Crippen LogP) is 4.40. The number of halogens is 1.